The number of pyridine rings is 1. The van der Waals surface area contributed by atoms with E-state index in [9.17, 15) is 0 Å². The molecule has 0 amide bonds. The van der Waals surface area contributed by atoms with Crippen molar-refractivity contribution < 1.29 is 0 Å². The standard InChI is InChI=1S/C16H24N4/c1-5-13-7-6-8-18-15(13)11-20-12-17-9-14(20)10-19-16(2,3)4/h6-9,12,19H,5,10-11H2,1-4H3. The Morgan fingerprint density at radius 2 is 2.10 bits per heavy atom. The minimum absolute atomic E-state index is 0.106. The fraction of sp³-hybridized carbons (Fsp3) is 0.500. The number of imidazole rings is 1. The molecule has 0 fully saturated rings. The second-order valence-corrected chi connectivity index (χ2v) is 6.08. The Morgan fingerprint density at radius 1 is 1.30 bits per heavy atom. The lowest BCUT2D eigenvalue weighted by Gasteiger charge is -2.21. The van der Waals surface area contributed by atoms with E-state index < -0.39 is 0 Å². The molecule has 4 heteroatoms. The van der Waals surface area contributed by atoms with Crippen molar-refractivity contribution in [1.82, 2.24) is 19.9 Å². The molecule has 0 unspecified atom stereocenters. The van der Waals surface area contributed by atoms with Crippen molar-refractivity contribution in [3.63, 3.8) is 0 Å². The van der Waals surface area contributed by atoms with Crippen LogP contribution in [0.25, 0.3) is 0 Å². The van der Waals surface area contributed by atoms with Gasteiger partial charge in [0.25, 0.3) is 0 Å². The molecule has 4 nitrogen and oxygen atoms in total. The third-order valence-corrected chi connectivity index (χ3v) is 3.28. The average molecular weight is 272 g/mol. The first kappa shape index (κ1) is 14.7. The Morgan fingerprint density at radius 3 is 2.80 bits per heavy atom. The highest BCUT2D eigenvalue weighted by Crippen LogP contribution is 2.11. The largest absolute Gasteiger partial charge is 0.327 e. The normalized spacial score (nSPS) is 11.8. The van der Waals surface area contributed by atoms with E-state index in [0.717, 1.165) is 25.2 Å². The molecule has 108 valence electrons. The first-order valence-corrected chi connectivity index (χ1v) is 7.16. The van der Waals surface area contributed by atoms with E-state index >= 15 is 0 Å². The van der Waals surface area contributed by atoms with Crippen LogP contribution in [0, 0.1) is 0 Å². The molecule has 0 aliphatic rings. The van der Waals surface area contributed by atoms with Gasteiger partial charge in [-0.2, -0.15) is 0 Å². The molecular formula is C16H24N4. The molecule has 0 aliphatic heterocycles. The van der Waals surface area contributed by atoms with Crippen LogP contribution in [0.4, 0.5) is 0 Å². The van der Waals surface area contributed by atoms with Gasteiger partial charge in [-0.1, -0.05) is 13.0 Å². The summed E-state index contributed by atoms with van der Waals surface area (Å²) < 4.78 is 2.17. The third-order valence-electron chi connectivity index (χ3n) is 3.28. The van der Waals surface area contributed by atoms with Crippen LogP contribution in [0.3, 0.4) is 0 Å². The minimum atomic E-state index is 0.106. The molecule has 1 N–H and O–H groups in total. The summed E-state index contributed by atoms with van der Waals surface area (Å²) in [6.07, 6.45) is 6.67. The zero-order valence-electron chi connectivity index (χ0n) is 12.8. The lowest BCUT2D eigenvalue weighted by molar-refractivity contribution is 0.416. The van der Waals surface area contributed by atoms with E-state index in [4.69, 9.17) is 0 Å². The molecule has 0 saturated heterocycles. The van der Waals surface area contributed by atoms with Crippen molar-refractivity contribution in [2.75, 3.05) is 0 Å². The zero-order chi connectivity index (χ0) is 14.6. The van der Waals surface area contributed by atoms with Crippen molar-refractivity contribution in [3.05, 3.63) is 47.8 Å². The summed E-state index contributed by atoms with van der Waals surface area (Å²) in [7, 11) is 0. The Hall–Kier alpha value is -1.68. The first-order chi connectivity index (χ1) is 9.49. The summed E-state index contributed by atoms with van der Waals surface area (Å²) in [4.78, 5) is 8.78. The number of hydrogen-bond donors (Lipinski definition) is 1. The van der Waals surface area contributed by atoms with Gasteiger partial charge in [-0.05, 0) is 38.8 Å². The topological polar surface area (TPSA) is 42.7 Å². The van der Waals surface area contributed by atoms with Gasteiger partial charge in [0.1, 0.15) is 0 Å². The maximum Gasteiger partial charge on any atom is 0.0952 e. The van der Waals surface area contributed by atoms with Crippen LogP contribution in [-0.4, -0.2) is 20.1 Å². The van der Waals surface area contributed by atoms with E-state index in [1.807, 2.05) is 24.8 Å². The molecule has 0 spiro atoms. The van der Waals surface area contributed by atoms with E-state index in [-0.39, 0.29) is 5.54 Å². The van der Waals surface area contributed by atoms with E-state index in [1.165, 1.54) is 11.3 Å². The Balaban J connectivity index is 2.12. The van der Waals surface area contributed by atoms with E-state index in [0.29, 0.717) is 0 Å². The van der Waals surface area contributed by atoms with E-state index in [1.54, 1.807) is 0 Å². The van der Waals surface area contributed by atoms with Crippen molar-refractivity contribution >= 4 is 0 Å². The molecule has 0 atom stereocenters. The van der Waals surface area contributed by atoms with Gasteiger partial charge in [0.2, 0.25) is 0 Å². The molecule has 2 aromatic rings. The number of hydrogen-bond acceptors (Lipinski definition) is 3. The van der Waals surface area contributed by atoms with Gasteiger partial charge in [0.15, 0.2) is 0 Å². The van der Waals surface area contributed by atoms with E-state index in [2.05, 4.69) is 53.6 Å². The van der Waals surface area contributed by atoms with Crippen LogP contribution < -0.4 is 5.32 Å². The smallest absolute Gasteiger partial charge is 0.0952 e. The summed E-state index contributed by atoms with van der Waals surface area (Å²) in [6.45, 7) is 10.3. The molecular weight excluding hydrogens is 248 g/mol. The van der Waals surface area contributed by atoms with Gasteiger partial charge >= 0.3 is 0 Å². The summed E-state index contributed by atoms with van der Waals surface area (Å²) in [6, 6.07) is 4.14. The van der Waals surface area contributed by atoms with Crippen LogP contribution in [0.2, 0.25) is 0 Å². The molecule has 20 heavy (non-hydrogen) atoms. The second kappa shape index (κ2) is 6.18. The fourth-order valence-corrected chi connectivity index (χ4v) is 2.09. The second-order valence-electron chi connectivity index (χ2n) is 6.08. The molecule has 0 aliphatic carbocycles. The van der Waals surface area contributed by atoms with Crippen LogP contribution >= 0.6 is 0 Å². The van der Waals surface area contributed by atoms with Crippen molar-refractivity contribution in [2.24, 2.45) is 0 Å². The van der Waals surface area contributed by atoms with Crippen LogP contribution in [0.15, 0.2) is 30.9 Å². The lowest BCUT2D eigenvalue weighted by atomic mass is 10.1. The van der Waals surface area contributed by atoms with Gasteiger partial charge in [-0.3, -0.25) is 4.98 Å². The highest BCUT2D eigenvalue weighted by Gasteiger charge is 2.11. The third kappa shape index (κ3) is 3.90. The van der Waals surface area contributed by atoms with Crippen molar-refractivity contribution in [1.29, 1.82) is 0 Å². The van der Waals surface area contributed by atoms with Crippen molar-refractivity contribution in [2.45, 2.75) is 52.7 Å². The van der Waals surface area contributed by atoms with Gasteiger partial charge in [0, 0.05) is 24.5 Å². The molecule has 0 aromatic carbocycles. The molecule has 0 radical (unpaired) electrons. The quantitative estimate of drug-likeness (QED) is 0.910. The maximum absolute atomic E-state index is 4.51. The SMILES string of the molecule is CCc1cccnc1Cn1cncc1CNC(C)(C)C. The first-order valence-electron chi connectivity index (χ1n) is 7.16. The summed E-state index contributed by atoms with van der Waals surface area (Å²) >= 11 is 0. The van der Waals surface area contributed by atoms with Crippen molar-refractivity contribution in [3.8, 4) is 0 Å². The molecule has 2 rings (SSSR count). The summed E-state index contributed by atoms with van der Waals surface area (Å²) in [5, 5.41) is 3.50. The highest BCUT2D eigenvalue weighted by atomic mass is 15.1. The number of aromatic nitrogens is 3. The minimum Gasteiger partial charge on any atom is -0.327 e. The summed E-state index contributed by atoms with van der Waals surface area (Å²) in [5.74, 6) is 0. The van der Waals surface area contributed by atoms with Crippen LogP contribution in [0.5, 0.6) is 0 Å². The molecule has 0 saturated carbocycles. The lowest BCUT2D eigenvalue weighted by Crippen LogP contribution is -2.35. The van der Waals surface area contributed by atoms with Gasteiger partial charge in [0.05, 0.1) is 24.3 Å². The summed E-state index contributed by atoms with van der Waals surface area (Å²) in [5.41, 5.74) is 3.72. The van der Waals surface area contributed by atoms with Crippen LogP contribution in [-0.2, 0) is 19.5 Å². The molecule has 2 heterocycles. The Kier molecular flexibility index (Phi) is 4.55. The Bertz CT molecular complexity index is 552. The molecule has 2 aromatic heterocycles. The monoisotopic (exact) mass is 272 g/mol. The predicted octanol–water partition coefficient (Wildman–Crippen LogP) is 2.78. The fourth-order valence-electron chi connectivity index (χ4n) is 2.09. The highest BCUT2D eigenvalue weighted by molar-refractivity contribution is 5.20. The average Bonchev–Trinajstić information content (AvgIpc) is 2.83. The maximum atomic E-state index is 4.51. The number of nitrogens with zero attached hydrogens (tertiary/aromatic N) is 3. The number of aryl methyl sites for hydroxylation is 1. The Labute approximate surface area is 121 Å². The predicted molar refractivity (Wildman–Crippen MR) is 81.5 cm³/mol. The van der Waals surface area contributed by atoms with Gasteiger partial charge in [-0.25, -0.2) is 4.98 Å². The number of rotatable bonds is 5. The van der Waals surface area contributed by atoms with Gasteiger partial charge in [-0.15, -0.1) is 0 Å². The van der Waals surface area contributed by atoms with Gasteiger partial charge < -0.3 is 9.88 Å². The zero-order valence-corrected chi connectivity index (χ0v) is 12.8. The molecule has 0 bridgehead atoms. The number of nitrogens with one attached hydrogen (secondary N) is 1. The van der Waals surface area contributed by atoms with Crippen LogP contribution in [0.1, 0.15) is 44.6 Å².